The van der Waals surface area contributed by atoms with Crippen molar-refractivity contribution < 1.29 is 19.0 Å². The summed E-state index contributed by atoms with van der Waals surface area (Å²) in [5.74, 6) is 0.922. The second-order valence-corrected chi connectivity index (χ2v) is 12.4. The number of rotatable bonds is 17. The second-order valence-electron chi connectivity index (χ2n) is 11.3. The molecule has 0 aliphatic carbocycles. The van der Waals surface area contributed by atoms with Gasteiger partial charge in [0.25, 0.3) is 0 Å². The molecule has 5 rings (SSSR count). The zero-order valence-corrected chi connectivity index (χ0v) is 27.7. The molecule has 7 heteroatoms. The molecular formula is C40H39Cl2NO4. The summed E-state index contributed by atoms with van der Waals surface area (Å²) in [5.41, 5.74) is 5.53. The SMILES string of the molecule is O=C(OCC(c1cccc(OCc2ccccc2)c1)N(CCCc1cccc(OCc2ccccc2)c1)Cc1ccccc1)C(Cl)Cl. The van der Waals surface area contributed by atoms with Gasteiger partial charge in [-0.05, 0) is 71.5 Å². The molecule has 0 amide bonds. The van der Waals surface area contributed by atoms with Crippen LogP contribution >= 0.6 is 23.2 Å². The molecule has 0 saturated carbocycles. The zero-order chi connectivity index (χ0) is 32.7. The Morgan fingerprint density at radius 2 is 1.15 bits per heavy atom. The van der Waals surface area contributed by atoms with E-state index in [1.165, 1.54) is 5.56 Å². The number of esters is 1. The van der Waals surface area contributed by atoms with E-state index in [1.54, 1.807) is 0 Å². The minimum atomic E-state index is -1.25. The number of benzene rings is 5. The number of nitrogens with zero attached hydrogens (tertiary/aromatic N) is 1. The number of carbonyl (C=O) groups is 1. The molecule has 0 aliphatic rings. The molecule has 0 fully saturated rings. The minimum absolute atomic E-state index is 0.0898. The molecule has 5 aromatic carbocycles. The Labute approximate surface area is 287 Å². The summed E-state index contributed by atoms with van der Waals surface area (Å²) < 4.78 is 17.9. The van der Waals surface area contributed by atoms with Crippen LogP contribution in [0.15, 0.2) is 140 Å². The van der Waals surface area contributed by atoms with Gasteiger partial charge in [-0.1, -0.05) is 138 Å². The number of alkyl halides is 2. The molecule has 47 heavy (non-hydrogen) atoms. The smallest absolute Gasteiger partial charge is 0.339 e. The predicted octanol–water partition coefficient (Wildman–Crippen LogP) is 9.37. The Balaban J connectivity index is 1.32. The van der Waals surface area contributed by atoms with E-state index < -0.39 is 10.8 Å². The Kier molecular flexibility index (Phi) is 13.2. The molecule has 1 atom stereocenters. The molecule has 0 heterocycles. The zero-order valence-electron chi connectivity index (χ0n) is 26.2. The molecule has 5 aromatic rings. The molecule has 0 radical (unpaired) electrons. The number of ether oxygens (including phenoxy) is 3. The van der Waals surface area contributed by atoms with Crippen LogP contribution in [0.3, 0.4) is 0 Å². The van der Waals surface area contributed by atoms with E-state index in [2.05, 4.69) is 41.3 Å². The third-order valence-electron chi connectivity index (χ3n) is 7.78. The molecule has 5 nitrogen and oxygen atoms in total. The fraction of sp³-hybridized carbons (Fsp3) is 0.225. The molecule has 0 aliphatic heterocycles. The summed E-state index contributed by atoms with van der Waals surface area (Å²) >= 11 is 11.7. The van der Waals surface area contributed by atoms with E-state index in [9.17, 15) is 4.79 Å². The van der Waals surface area contributed by atoms with Gasteiger partial charge in [0.15, 0.2) is 0 Å². The fourth-order valence-electron chi connectivity index (χ4n) is 5.37. The molecule has 0 bridgehead atoms. The molecule has 242 valence electrons. The van der Waals surface area contributed by atoms with E-state index in [0.717, 1.165) is 53.1 Å². The van der Waals surface area contributed by atoms with Crippen LogP contribution in [0.5, 0.6) is 11.5 Å². The second kappa shape index (κ2) is 18.2. The topological polar surface area (TPSA) is 48.0 Å². The maximum Gasteiger partial charge on any atom is 0.339 e. The van der Waals surface area contributed by atoms with Gasteiger partial charge in [0.05, 0.1) is 6.04 Å². The highest BCUT2D eigenvalue weighted by Gasteiger charge is 2.25. The van der Waals surface area contributed by atoms with Crippen LogP contribution in [-0.4, -0.2) is 28.9 Å². The van der Waals surface area contributed by atoms with Crippen LogP contribution in [-0.2, 0) is 35.7 Å². The highest BCUT2D eigenvalue weighted by molar-refractivity contribution is 6.52. The maximum atomic E-state index is 12.4. The van der Waals surface area contributed by atoms with Gasteiger partial charge in [-0.3, -0.25) is 4.90 Å². The third kappa shape index (κ3) is 11.2. The molecule has 0 spiro atoms. The van der Waals surface area contributed by atoms with Crippen molar-refractivity contribution in [3.8, 4) is 11.5 Å². The number of halogens is 2. The average Bonchev–Trinajstić information content (AvgIpc) is 3.11. The summed E-state index contributed by atoms with van der Waals surface area (Å²) in [6.07, 6.45) is 1.73. The van der Waals surface area contributed by atoms with Crippen molar-refractivity contribution in [1.82, 2.24) is 4.90 Å². The number of carbonyl (C=O) groups excluding carboxylic acids is 1. The largest absolute Gasteiger partial charge is 0.489 e. The highest BCUT2D eigenvalue weighted by Crippen LogP contribution is 2.28. The van der Waals surface area contributed by atoms with Gasteiger partial charge in [-0.2, -0.15) is 0 Å². The summed E-state index contributed by atoms with van der Waals surface area (Å²) in [5, 5.41) is 0. The van der Waals surface area contributed by atoms with Gasteiger partial charge in [0.2, 0.25) is 4.84 Å². The molecule has 0 aromatic heterocycles. The first-order valence-corrected chi connectivity index (χ1v) is 16.7. The summed E-state index contributed by atoms with van der Waals surface area (Å²) in [4.78, 5) is 13.5. The van der Waals surface area contributed by atoms with E-state index in [0.29, 0.717) is 19.8 Å². The van der Waals surface area contributed by atoms with Gasteiger partial charge in [0.1, 0.15) is 31.3 Å². The van der Waals surface area contributed by atoms with E-state index >= 15 is 0 Å². The van der Waals surface area contributed by atoms with Gasteiger partial charge in [0, 0.05) is 6.54 Å². The van der Waals surface area contributed by atoms with Gasteiger partial charge < -0.3 is 14.2 Å². The summed E-state index contributed by atoms with van der Waals surface area (Å²) in [7, 11) is 0. The summed E-state index contributed by atoms with van der Waals surface area (Å²) in [6.45, 7) is 2.46. The molecular weight excluding hydrogens is 629 g/mol. The Bertz CT molecular complexity index is 1650. The maximum absolute atomic E-state index is 12.4. The van der Waals surface area contributed by atoms with Crippen molar-refractivity contribution in [1.29, 1.82) is 0 Å². The van der Waals surface area contributed by atoms with Crippen LogP contribution in [0, 0.1) is 0 Å². The average molecular weight is 669 g/mol. The van der Waals surface area contributed by atoms with Gasteiger partial charge in [-0.25, -0.2) is 4.79 Å². The first-order valence-electron chi connectivity index (χ1n) is 15.8. The van der Waals surface area contributed by atoms with Crippen molar-refractivity contribution >= 4 is 29.2 Å². The minimum Gasteiger partial charge on any atom is -0.489 e. The van der Waals surface area contributed by atoms with Gasteiger partial charge in [-0.15, -0.1) is 0 Å². The van der Waals surface area contributed by atoms with Crippen LogP contribution < -0.4 is 9.47 Å². The van der Waals surface area contributed by atoms with Crippen LogP contribution in [0.25, 0.3) is 0 Å². The predicted molar refractivity (Wildman–Crippen MR) is 189 cm³/mol. The lowest BCUT2D eigenvalue weighted by Crippen LogP contribution is -2.34. The highest BCUT2D eigenvalue weighted by atomic mass is 35.5. The number of hydrogen-bond donors (Lipinski definition) is 0. The Morgan fingerprint density at radius 3 is 1.74 bits per heavy atom. The van der Waals surface area contributed by atoms with Crippen molar-refractivity contribution in [2.24, 2.45) is 0 Å². The van der Waals surface area contributed by atoms with Gasteiger partial charge >= 0.3 is 5.97 Å². The molecule has 1 unspecified atom stereocenters. The number of aryl methyl sites for hydroxylation is 1. The van der Waals surface area contributed by atoms with Crippen LogP contribution in [0.4, 0.5) is 0 Å². The van der Waals surface area contributed by atoms with Crippen molar-refractivity contribution in [2.45, 2.75) is 43.5 Å². The third-order valence-corrected chi connectivity index (χ3v) is 8.14. The Morgan fingerprint density at radius 1 is 0.617 bits per heavy atom. The summed E-state index contributed by atoms with van der Waals surface area (Å²) in [6, 6.07) is 46.5. The van der Waals surface area contributed by atoms with Crippen molar-refractivity contribution in [3.63, 3.8) is 0 Å². The van der Waals surface area contributed by atoms with E-state index in [1.807, 2.05) is 103 Å². The monoisotopic (exact) mass is 667 g/mol. The lowest BCUT2D eigenvalue weighted by atomic mass is 10.0. The van der Waals surface area contributed by atoms with Crippen molar-refractivity contribution in [2.75, 3.05) is 13.2 Å². The van der Waals surface area contributed by atoms with Crippen molar-refractivity contribution in [3.05, 3.63) is 167 Å². The quantitative estimate of drug-likeness (QED) is 0.0730. The van der Waals surface area contributed by atoms with Crippen LogP contribution in [0.2, 0.25) is 0 Å². The standard InChI is InChI=1S/C40H39Cl2NO4/c41-39(42)40(44)47-30-38(35-21-11-23-37(26-35)46-29-34-17-8-3-9-18-34)43(27-32-13-4-1-5-14-32)24-12-20-31-19-10-22-36(25-31)45-28-33-15-6-2-7-16-33/h1-11,13-19,21-23,25-26,38-39H,12,20,24,27-30H2. The lowest BCUT2D eigenvalue weighted by Gasteiger charge is -2.32. The first-order chi connectivity index (χ1) is 23.0. The van der Waals surface area contributed by atoms with E-state index in [4.69, 9.17) is 37.4 Å². The Hall–Kier alpha value is -4.29. The number of hydrogen-bond acceptors (Lipinski definition) is 5. The van der Waals surface area contributed by atoms with E-state index in [-0.39, 0.29) is 12.6 Å². The lowest BCUT2D eigenvalue weighted by molar-refractivity contribution is -0.143. The fourth-order valence-corrected chi connectivity index (χ4v) is 5.50. The molecule has 0 N–H and O–H groups in total. The van der Waals surface area contributed by atoms with Crippen LogP contribution in [0.1, 0.15) is 40.3 Å². The normalized spacial score (nSPS) is 11.7. The molecule has 0 saturated heterocycles. The first kappa shape index (κ1) is 34.1.